The Morgan fingerprint density at radius 1 is 1.21 bits per heavy atom. The monoisotopic (exact) mass is 281 g/mol. The lowest BCUT2D eigenvalue weighted by Gasteiger charge is -2.17. The Labute approximate surface area is 106 Å². The van der Waals surface area contributed by atoms with Gasteiger partial charge in [-0.1, -0.05) is 0 Å². The fraction of sp³-hybridized carbons (Fsp3) is 0.545. The third-order valence-corrected chi connectivity index (χ3v) is 2.44. The summed E-state index contributed by atoms with van der Waals surface area (Å²) in [5.74, 6) is -8.89. The van der Waals surface area contributed by atoms with Gasteiger partial charge in [-0.3, -0.25) is 0 Å². The van der Waals surface area contributed by atoms with Gasteiger partial charge in [-0.2, -0.15) is 22.5 Å². The van der Waals surface area contributed by atoms with Gasteiger partial charge in [-0.05, 0) is 13.8 Å². The van der Waals surface area contributed by atoms with Gasteiger partial charge in [-0.15, -0.1) is 0 Å². The largest absolute Gasteiger partial charge is 0.485 e. The summed E-state index contributed by atoms with van der Waals surface area (Å²) in [6.45, 7) is 3.15. The molecule has 19 heavy (non-hydrogen) atoms. The highest BCUT2D eigenvalue weighted by Gasteiger charge is 2.33. The molecule has 1 unspecified atom stereocenters. The van der Waals surface area contributed by atoms with Crippen molar-refractivity contribution >= 4 is 0 Å². The van der Waals surface area contributed by atoms with E-state index in [-0.39, 0.29) is 13.2 Å². The third-order valence-electron chi connectivity index (χ3n) is 2.44. The van der Waals surface area contributed by atoms with E-state index in [4.69, 9.17) is 14.2 Å². The second kappa shape index (κ2) is 4.93. The fourth-order valence-corrected chi connectivity index (χ4v) is 1.62. The van der Waals surface area contributed by atoms with Crippen LogP contribution in [0.1, 0.15) is 13.8 Å². The lowest BCUT2D eigenvalue weighted by atomic mass is 10.3. The number of pyridine rings is 1. The van der Waals surface area contributed by atoms with Crippen LogP contribution in [0, 0.1) is 23.5 Å². The van der Waals surface area contributed by atoms with Gasteiger partial charge >= 0.3 is 0 Å². The van der Waals surface area contributed by atoms with Gasteiger partial charge in [0.25, 0.3) is 11.9 Å². The van der Waals surface area contributed by atoms with E-state index < -0.39 is 41.2 Å². The molecule has 0 amide bonds. The van der Waals surface area contributed by atoms with E-state index in [9.17, 15) is 17.6 Å². The van der Waals surface area contributed by atoms with Gasteiger partial charge in [0.1, 0.15) is 12.7 Å². The third kappa shape index (κ3) is 2.95. The van der Waals surface area contributed by atoms with E-state index in [0.717, 1.165) is 0 Å². The Hall–Kier alpha value is -1.41. The summed E-state index contributed by atoms with van der Waals surface area (Å²) in [5.41, 5.74) is 0. The van der Waals surface area contributed by atoms with E-state index in [2.05, 4.69) is 4.98 Å². The summed E-state index contributed by atoms with van der Waals surface area (Å²) in [5, 5.41) is 0. The minimum atomic E-state index is -1.77. The van der Waals surface area contributed by atoms with Gasteiger partial charge in [-0.25, -0.2) is 0 Å². The lowest BCUT2D eigenvalue weighted by Crippen LogP contribution is -2.25. The predicted octanol–water partition coefficient (Wildman–Crippen LogP) is 2.17. The zero-order valence-corrected chi connectivity index (χ0v) is 10.2. The number of nitrogens with zero attached hydrogens (tertiary/aromatic N) is 1. The van der Waals surface area contributed by atoms with Crippen LogP contribution >= 0.6 is 0 Å². The number of rotatable bonds is 3. The molecule has 0 spiro atoms. The van der Waals surface area contributed by atoms with Crippen LogP contribution < -0.4 is 4.74 Å². The first-order valence-corrected chi connectivity index (χ1v) is 5.45. The first-order chi connectivity index (χ1) is 8.80. The molecule has 0 radical (unpaired) electrons. The first-order valence-electron chi connectivity index (χ1n) is 5.45. The maximum absolute atomic E-state index is 13.2. The summed E-state index contributed by atoms with van der Waals surface area (Å²) >= 11 is 0. The van der Waals surface area contributed by atoms with Crippen molar-refractivity contribution in [3.05, 3.63) is 23.5 Å². The van der Waals surface area contributed by atoms with Gasteiger partial charge in [0.05, 0.1) is 6.61 Å². The highest BCUT2D eigenvalue weighted by Crippen LogP contribution is 2.27. The molecule has 4 nitrogen and oxygen atoms in total. The molecule has 0 aromatic carbocycles. The fourth-order valence-electron chi connectivity index (χ4n) is 1.62. The number of hydrogen-bond acceptors (Lipinski definition) is 4. The van der Waals surface area contributed by atoms with Gasteiger partial charge in [0.15, 0.2) is 5.79 Å². The van der Waals surface area contributed by atoms with Crippen molar-refractivity contribution in [2.45, 2.75) is 25.7 Å². The average Bonchev–Trinajstić information content (AvgIpc) is 2.66. The summed E-state index contributed by atoms with van der Waals surface area (Å²) in [6.07, 6.45) is -0.590. The Morgan fingerprint density at radius 3 is 2.26 bits per heavy atom. The molecule has 1 aliphatic rings. The maximum atomic E-state index is 13.2. The minimum absolute atomic E-state index is 0.145. The van der Waals surface area contributed by atoms with Crippen molar-refractivity contribution in [2.24, 2.45) is 0 Å². The molecule has 1 fully saturated rings. The summed E-state index contributed by atoms with van der Waals surface area (Å²) in [7, 11) is 0. The highest BCUT2D eigenvalue weighted by molar-refractivity contribution is 5.24. The molecule has 1 saturated heterocycles. The molecule has 1 aliphatic heterocycles. The second-order valence-electron chi connectivity index (χ2n) is 4.41. The molecule has 0 N–H and O–H groups in total. The van der Waals surface area contributed by atoms with Crippen LogP contribution in [0.15, 0.2) is 0 Å². The van der Waals surface area contributed by atoms with E-state index >= 15 is 0 Å². The lowest BCUT2D eigenvalue weighted by molar-refractivity contribution is -0.141. The molecule has 8 heteroatoms. The molecular weight excluding hydrogens is 270 g/mol. The molecule has 1 aromatic heterocycles. The summed E-state index contributed by atoms with van der Waals surface area (Å²) in [6, 6.07) is 0. The second-order valence-corrected chi connectivity index (χ2v) is 4.41. The van der Waals surface area contributed by atoms with Crippen molar-refractivity contribution in [1.82, 2.24) is 4.98 Å². The number of ether oxygens (including phenoxy) is 3. The zero-order chi connectivity index (χ0) is 14.2. The van der Waals surface area contributed by atoms with Gasteiger partial charge < -0.3 is 14.2 Å². The molecular formula is C11H11F4NO3. The van der Waals surface area contributed by atoms with E-state index in [0.29, 0.717) is 0 Å². The van der Waals surface area contributed by atoms with E-state index in [1.165, 1.54) is 0 Å². The quantitative estimate of drug-likeness (QED) is 0.629. The van der Waals surface area contributed by atoms with Crippen LogP contribution in [0.5, 0.6) is 5.75 Å². The highest BCUT2D eigenvalue weighted by atomic mass is 19.2. The Morgan fingerprint density at radius 2 is 1.79 bits per heavy atom. The Kier molecular flexibility index (Phi) is 3.64. The number of hydrogen-bond donors (Lipinski definition) is 0. The minimum Gasteiger partial charge on any atom is -0.485 e. The van der Waals surface area contributed by atoms with Crippen LogP contribution in [-0.4, -0.2) is 30.1 Å². The summed E-state index contributed by atoms with van der Waals surface area (Å²) < 4.78 is 67.3. The SMILES string of the molecule is CC1(C)OCC(COc2c(F)c(F)nc(F)c2F)O1. The molecule has 1 aromatic rings. The maximum Gasteiger partial charge on any atom is 0.255 e. The Balaban J connectivity index is 2.08. The van der Waals surface area contributed by atoms with Gasteiger partial charge in [0, 0.05) is 0 Å². The summed E-state index contributed by atoms with van der Waals surface area (Å²) in [4.78, 5) is 2.42. The molecule has 0 bridgehead atoms. The van der Waals surface area contributed by atoms with E-state index in [1.54, 1.807) is 13.8 Å². The van der Waals surface area contributed by atoms with Crippen molar-refractivity contribution in [1.29, 1.82) is 0 Å². The first kappa shape index (κ1) is 14.0. The van der Waals surface area contributed by atoms with E-state index in [1.807, 2.05) is 0 Å². The van der Waals surface area contributed by atoms with Crippen LogP contribution in [0.2, 0.25) is 0 Å². The molecule has 0 aliphatic carbocycles. The van der Waals surface area contributed by atoms with Crippen molar-refractivity contribution in [2.75, 3.05) is 13.2 Å². The van der Waals surface area contributed by atoms with Gasteiger partial charge in [0.2, 0.25) is 17.4 Å². The van der Waals surface area contributed by atoms with Crippen molar-refractivity contribution < 1.29 is 31.8 Å². The van der Waals surface area contributed by atoms with Crippen LogP contribution in [0.4, 0.5) is 17.6 Å². The van der Waals surface area contributed by atoms with Crippen LogP contribution in [0.25, 0.3) is 0 Å². The molecule has 106 valence electrons. The number of halogens is 4. The molecule has 0 saturated carbocycles. The van der Waals surface area contributed by atoms with Crippen molar-refractivity contribution in [3.63, 3.8) is 0 Å². The Bertz CT molecular complexity index is 469. The van der Waals surface area contributed by atoms with Crippen LogP contribution in [0.3, 0.4) is 0 Å². The molecule has 1 atom stereocenters. The predicted molar refractivity (Wildman–Crippen MR) is 54.5 cm³/mol. The smallest absolute Gasteiger partial charge is 0.255 e. The average molecular weight is 281 g/mol. The van der Waals surface area contributed by atoms with Crippen molar-refractivity contribution in [3.8, 4) is 5.75 Å². The molecule has 2 rings (SSSR count). The number of aromatic nitrogens is 1. The normalized spacial score (nSPS) is 21.7. The zero-order valence-electron chi connectivity index (χ0n) is 10.2. The molecule has 2 heterocycles. The standard InChI is InChI=1S/C11H11F4NO3/c1-11(2)18-4-5(19-11)3-17-8-6(12)9(14)16-10(15)7(8)13/h5H,3-4H2,1-2H3. The topological polar surface area (TPSA) is 40.6 Å². The van der Waals surface area contributed by atoms with Crippen LogP contribution in [-0.2, 0) is 9.47 Å².